The summed E-state index contributed by atoms with van der Waals surface area (Å²) in [7, 11) is 0. The molecule has 2 N–H and O–H groups in total. The quantitative estimate of drug-likeness (QED) is 0.150. The molecule has 1 unspecified atom stereocenters. The van der Waals surface area contributed by atoms with Gasteiger partial charge in [0.1, 0.15) is 5.38 Å². The van der Waals surface area contributed by atoms with Crippen molar-refractivity contribution < 1.29 is 10.0 Å². The fourth-order valence-electron chi connectivity index (χ4n) is 3.27. The molecule has 0 radical (unpaired) electrons. The van der Waals surface area contributed by atoms with E-state index in [0.717, 1.165) is 12.8 Å². The maximum Gasteiger partial charge on any atom is 0.261 e. The van der Waals surface area contributed by atoms with Crippen LogP contribution >= 0.6 is 11.6 Å². The highest BCUT2D eigenvalue weighted by Gasteiger charge is 2.13. The summed E-state index contributed by atoms with van der Waals surface area (Å²) in [6.45, 7) is 0. The van der Waals surface area contributed by atoms with Crippen LogP contribution in [0.3, 0.4) is 0 Å². The second-order valence-corrected chi connectivity index (χ2v) is 7.74. The largest absolute Gasteiger partial charge is 0.289 e. The zero-order valence-electron chi connectivity index (χ0n) is 16.1. The number of hydroxylamine groups is 1. The zero-order chi connectivity index (χ0) is 18.9. The van der Waals surface area contributed by atoms with Crippen molar-refractivity contribution in [2.75, 3.05) is 0 Å². The molecule has 1 rings (SSSR count). The Morgan fingerprint density at radius 1 is 0.808 bits per heavy atom. The summed E-state index contributed by atoms with van der Waals surface area (Å²) in [4.78, 5) is 11.0. The average Bonchev–Trinajstić information content (AvgIpc) is 2.68. The fraction of sp³-hybridized carbons (Fsp3) is 0.682. The molecule has 0 aliphatic heterocycles. The molecule has 0 aromatic heterocycles. The third kappa shape index (κ3) is 12.3. The number of halogens is 1. The second kappa shape index (κ2) is 16.1. The van der Waals surface area contributed by atoms with E-state index in [-0.39, 0.29) is 0 Å². The molecule has 0 saturated heterocycles. The van der Waals surface area contributed by atoms with Gasteiger partial charge in [-0.05, 0) is 24.8 Å². The highest BCUT2D eigenvalue weighted by atomic mass is 35.5. The van der Waals surface area contributed by atoms with Crippen molar-refractivity contribution in [2.45, 2.75) is 95.3 Å². The summed E-state index contributed by atoms with van der Waals surface area (Å²) < 4.78 is 0. The number of alkyl halides is 1. The van der Waals surface area contributed by atoms with E-state index in [4.69, 9.17) is 16.8 Å². The van der Waals surface area contributed by atoms with Gasteiger partial charge in [-0.15, -0.1) is 11.6 Å². The number of rotatable bonds is 16. The smallest absolute Gasteiger partial charge is 0.261 e. The van der Waals surface area contributed by atoms with Crippen LogP contribution in [0.4, 0.5) is 0 Å². The Balaban J connectivity index is 1.76. The van der Waals surface area contributed by atoms with E-state index >= 15 is 0 Å². The molecule has 3 nitrogen and oxygen atoms in total. The summed E-state index contributed by atoms with van der Waals surface area (Å²) in [5.74, 6) is -0.494. The minimum absolute atomic E-state index is 0.494. The van der Waals surface area contributed by atoms with Crippen molar-refractivity contribution in [3.8, 4) is 0 Å². The highest BCUT2D eigenvalue weighted by Crippen LogP contribution is 2.15. The van der Waals surface area contributed by atoms with Gasteiger partial charge in [-0.2, -0.15) is 0 Å². The van der Waals surface area contributed by atoms with Gasteiger partial charge in [0.05, 0.1) is 0 Å². The van der Waals surface area contributed by atoms with Crippen molar-refractivity contribution in [1.29, 1.82) is 0 Å². The first-order chi connectivity index (χ1) is 12.7. The van der Waals surface area contributed by atoms with E-state index in [9.17, 15) is 4.79 Å². The minimum atomic E-state index is -0.604. The molecule has 0 aliphatic rings. The first-order valence-electron chi connectivity index (χ1n) is 10.4. The number of unbranched alkanes of at least 4 members (excludes halogenated alkanes) is 11. The van der Waals surface area contributed by atoms with Gasteiger partial charge < -0.3 is 0 Å². The molecule has 148 valence electrons. The molecular formula is C22H36ClNO2. The lowest BCUT2D eigenvalue weighted by molar-refractivity contribution is -0.128. The molecule has 0 spiro atoms. The lowest BCUT2D eigenvalue weighted by Crippen LogP contribution is -2.28. The summed E-state index contributed by atoms with van der Waals surface area (Å²) in [6, 6.07) is 10.8. The summed E-state index contributed by atoms with van der Waals surface area (Å²) >= 11 is 5.83. The molecule has 1 aromatic carbocycles. The van der Waals surface area contributed by atoms with Gasteiger partial charge in [-0.1, -0.05) is 101 Å². The molecule has 1 aromatic rings. The van der Waals surface area contributed by atoms with E-state index in [0.29, 0.717) is 6.42 Å². The first kappa shape index (κ1) is 23.0. The van der Waals surface area contributed by atoms with Crippen LogP contribution in [-0.2, 0) is 11.2 Å². The predicted molar refractivity (Wildman–Crippen MR) is 110 cm³/mol. The molecule has 0 fully saturated rings. The summed E-state index contributed by atoms with van der Waals surface area (Å²) in [5.41, 5.74) is 3.06. The van der Waals surface area contributed by atoms with E-state index in [1.54, 1.807) is 5.48 Å². The van der Waals surface area contributed by atoms with Gasteiger partial charge >= 0.3 is 0 Å². The molecule has 0 aliphatic carbocycles. The Morgan fingerprint density at radius 2 is 1.27 bits per heavy atom. The van der Waals surface area contributed by atoms with Crippen molar-refractivity contribution >= 4 is 17.5 Å². The number of hydrogen-bond donors (Lipinski definition) is 2. The highest BCUT2D eigenvalue weighted by molar-refractivity contribution is 6.30. The number of aryl methyl sites for hydroxylation is 1. The van der Waals surface area contributed by atoms with Crippen LogP contribution in [0.5, 0.6) is 0 Å². The van der Waals surface area contributed by atoms with Crippen LogP contribution in [0.1, 0.15) is 89.0 Å². The van der Waals surface area contributed by atoms with Crippen molar-refractivity contribution in [1.82, 2.24) is 5.48 Å². The molecule has 4 heteroatoms. The summed E-state index contributed by atoms with van der Waals surface area (Å²) in [6.07, 6.45) is 17.2. The van der Waals surface area contributed by atoms with Crippen LogP contribution < -0.4 is 5.48 Å². The van der Waals surface area contributed by atoms with Gasteiger partial charge in [0, 0.05) is 0 Å². The maximum absolute atomic E-state index is 11.0. The fourth-order valence-corrected chi connectivity index (χ4v) is 3.47. The number of benzene rings is 1. The molecular weight excluding hydrogens is 346 g/mol. The Bertz CT molecular complexity index is 453. The first-order valence-corrected chi connectivity index (χ1v) is 10.8. The number of carbonyl (C=O) groups excluding carboxylic acids is 1. The normalized spacial score (nSPS) is 12.1. The Hall–Kier alpha value is -1.06. The number of hydrogen-bond acceptors (Lipinski definition) is 2. The molecule has 1 atom stereocenters. The third-order valence-corrected chi connectivity index (χ3v) is 5.33. The van der Waals surface area contributed by atoms with Crippen LogP contribution in [0.2, 0.25) is 0 Å². The Morgan fingerprint density at radius 3 is 1.77 bits per heavy atom. The van der Waals surface area contributed by atoms with Gasteiger partial charge in [0.2, 0.25) is 0 Å². The summed E-state index contributed by atoms with van der Waals surface area (Å²) in [5, 5.41) is 7.87. The predicted octanol–water partition coefficient (Wildman–Crippen LogP) is 6.41. The van der Waals surface area contributed by atoms with Gasteiger partial charge in [0.25, 0.3) is 5.91 Å². The van der Waals surface area contributed by atoms with E-state index in [1.807, 2.05) is 0 Å². The van der Waals surface area contributed by atoms with E-state index < -0.39 is 11.3 Å². The average molecular weight is 382 g/mol. The van der Waals surface area contributed by atoms with Crippen molar-refractivity contribution in [3.63, 3.8) is 0 Å². The molecule has 1 amide bonds. The van der Waals surface area contributed by atoms with Crippen molar-refractivity contribution in [2.24, 2.45) is 0 Å². The van der Waals surface area contributed by atoms with Gasteiger partial charge in [0.15, 0.2) is 0 Å². The third-order valence-electron chi connectivity index (χ3n) is 4.91. The Kier molecular flexibility index (Phi) is 14.3. The number of amides is 1. The zero-order valence-corrected chi connectivity index (χ0v) is 16.9. The van der Waals surface area contributed by atoms with Crippen LogP contribution in [-0.4, -0.2) is 16.5 Å². The van der Waals surface area contributed by atoms with Gasteiger partial charge in [-0.25, -0.2) is 5.48 Å². The molecule has 0 heterocycles. The monoisotopic (exact) mass is 381 g/mol. The van der Waals surface area contributed by atoms with Crippen molar-refractivity contribution in [3.05, 3.63) is 35.9 Å². The number of carbonyl (C=O) groups is 1. The minimum Gasteiger partial charge on any atom is -0.289 e. The molecule has 0 bridgehead atoms. The number of nitrogens with one attached hydrogen (secondary N) is 1. The van der Waals surface area contributed by atoms with Crippen LogP contribution in [0.25, 0.3) is 0 Å². The van der Waals surface area contributed by atoms with Gasteiger partial charge in [-0.3, -0.25) is 10.0 Å². The Labute approximate surface area is 164 Å². The second-order valence-electron chi connectivity index (χ2n) is 7.21. The van der Waals surface area contributed by atoms with Crippen LogP contribution in [0, 0.1) is 0 Å². The lowest BCUT2D eigenvalue weighted by atomic mass is 10.0. The maximum atomic E-state index is 11.0. The molecule has 26 heavy (non-hydrogen) atoms. The van der Waals surface area contributed by atoms with E-state index in [2.05, 4.69) is 30.3 Å². The molecule has 0 saturated carbocycles. The standard InChI is InChI=1S/C22H36ClNO2/c23-21(22(25)24-26)19-15-10-8-6-4-2-1-3-5-7-9-12-16-20-17-13-11-14-18-20/h11,13-14,17-18,21,26H,1-10,12,15-16,19H2,(H,24,25). The SMILES string of the molecule is O=C(NO)C(Cl)CCCCCCCCCCCCCCc1ccccc1. The van der Waals surface area contributed by atoms with E-state index in [1.165, 1.54) is 76.2 Å². The topological polar surface area (TPSA) is 49.3 Å². The lowest BCUT2D eigenvalue weighted by Gasteiger charge is -2.06. The van der Waals surface area contributed by atoms with Crippen LogP contribution in [0.15, 0.2) is 30.3 Å².